The van der Waals surface area contributed by atoms with Gasteiger partial charge in [0, 0.05) is 0 Å². The standard InChI is InChI=1S/C11H12O4/c1-14-10-4-2-9(3-5-10)8-15-11(13)6-7-12/h2-5,7H,6,8H2,1H3. The molecule has 1 aromatic rings. The van der Waals surface area contributed by atoms with Crippen LogP contribution >= 0.6 is 0 Å². The Balaban J connectivity index is 2.43. The molecule has 15 heavy (non-hydrogen) atoms. The van der Waals surface area contributed by atoms with Crippen molar-refractivity contribution in [3.8, 4) is 5.75 Å². The fourth-order valence-electron chi connectivity index (χ4n) is 1.01. The second kappa shape index (κ2) is 5.80. The van der Waals surface area contributed by atoms with Crippen LogP contribution < -0.4 is 4.74 Å². The Labute approximate surface area is 87.8 Å². The molecule has 0 spiro atoms. The van der Waals surface area contributed by atoms with Crippen LogP contribution in [0.3, 0.4) is 0 Å². The molecular formula is C11H12O4. The molecule has 0 aromatic heterocycles. The molecule has 0 aliphatic heterocycles. The number of hydrogen-bond donors (Lipinski definition) is 0. The minimum atomic E-state index is -0.513. The number of benzene rings is 1. The Morgan fingerprint density at radius 3 is 2.53 bits per heavy atom. The smallest absolute Gasteiger partial charge is 0.313 e. The molecule has 80 valence electrons. The first-order valence-corrected chi connectivity index (χ1v) is 4.48. The third-order valence-corrected chi connectivity index (χ3v) is 1.81. The van der Waals surface area contributed by atoms with Crippen LogP contribution in [0, 0.1) is 0 Å². The average Bonchev–Trinajstić information content (AvgIpc) is 2.27. The predicted octanol–water partition coefficient (Wildman–Crippen LogP) is 1.33. The van der Waals surface area contributed by atoms with Crippen molar-refractivity contribution in [1.29, 1.82) is 0 Å². The highest BCUT2D eigenvalue weighted by Crippen LogP contribution is 2.11. The van der Waals surface area contributed by atoms with Gasteiger partial charge in [-0.2, -0.15) is 0 Å². The minimum Gasteiger partial charge on any atom is -0.497 e. The van der Waals surface area contributed by atoms with Crippen molar-refractivity contribution in [2.75, 3.05) is 7.11 Å². The van der Waals surface area contributed by atoms with Crippen LogP contribution in [0.2, 0.25) is 0 Å². The monoisotopic (exact) mass is 208 g/mol. The lowest BCUT2D eigenvalue weighted by Crippen LogP contribution is -2.04. The third kappa shape index (κ3) is 3.81. The maximum atomic E-state index is 10.9. The summed E-state index contributed by atoms with van der Waals surface area (Å²) >= 11 is 0. The summed E-state index contributed by atoms with van der Waals surface area (Å²) in [5, 5.41) is 0. The first-order chi connectivity index (χ1) is 7.26. The van der Waals surface area contributed by atoms with E-state index in [-0.39, 0.29) is 13.0 Å². The van der Waals surface area contributed by atoms with E-state index in [0.717, 1.165) is 11.3 Å². The lowest BCUT2D eigenvalue weighted by molar-refractivity contribution is -0.145. The Bertz CT molecular complexity index is 329. The highest BCUT2D eigenvalue weighted by atomic mass is 16.5. The van der Waals surface area contributed by atoms with Crippen molar-refractivity contribution < 1.29 is 19.1 Å². The molecule has 0 radical (unpaired) electrons. The lowest BCUT2D eigenvalue weighted by atomic mass is 10.2. The summed E-state index contributed by atoms with van der Waals surface area (Å²) in [7, 11) is 1.58. The van der Waals surface area contributed by atoms with E-state index in [9.17, 15) is 9.59 Å². The molecule has 0 heterocycles. The van der Waals surface area contributed by atoms with E-state index in [1.807, 2.05) is 0 Å². The zero-order valence-electron chi connectivity index (χ0n) is 8.43. The van der Waals surface area contributed by atoms with Crippen LogP contribution in [-0.4, -0.2) is 19.4 Å². The summed E-state index contributed by atoms with van der Waals surface area (Å²) in [4.78, 5) is 20.9. The number of hydrogen-bond acceptors (Lipinski definition) is 4. The van der Waals surface area contributed by atoms with E-state index >= 15 is 0 Å². The zero-order valence-corrected chi connectivity index (χ0v) is 8.43. The number of ether oxygens (including phenoxy) is 2. The van der Waals surface area contributed by atoms with Crippen molar-refractivity contribution in [2.24, 2.45) is 0 Å². The molecule has 0 atom stereocenters. The zero-order chi connectivity index (χ0) is 11.1. The number of methoxy groups -OCH3 is 1. The molecule has 0 aliphatic carbocycles. The van der Waals surface area contributed by atoms with Crippen molar-refractivity contribution >= 4 is 12.3 Å². The first-order valence-electron chi connectivity index (χ1n) is 4.48. The van der Waals surface area contributed by atoms with E-state index in [4.69, 9.17) is 9.47 Å². The second-order valence-electron chi connectivity index (χ2n) is 2.88. The molecular weight excluding hydrogens is 196 g/mol. The number of rotatable bonds is 5. The van der Waals surface area contributed by atoms with Gasteiger partial charge in [0.1, 0.15) is 25.1 Å². The van der Waals surface area contributed by atoms with Crippen LogP contribution in [0.4, 0.5) is 0 Å². The van der Waals surface area contributed by atoms with Gasteiger partial charge in [0.05, 0.1) is 7.11 Å². The first kappa shape index (κ1) is 11.2. The maximum Gasteiger partial charge on any atom is 0.313 e. The molecule has 0 amide bonds. The van der Waals surface area contributed by atoms with Crippen LogP contribution in [0.25, 0.3) is 0 Å². The fourth-order valence-corrected chi connectivity index (χ4v) is 1.01. The van der Waals surface area contributed by atoms with Gasteiger partial charge >= 0.3 is 5.97 Å². The lowest BCUT2D eigenvalue weighted by Gasteiger charge is -2.04. The normalized spacial score (nSPS) is 9.40. The van der Waals surface area contributed by atoms with Crippen LogP contribution in [-0.2, 0) is 20.9 Å². The molecule has 0 unspecified atom stereocenters. The Hall–Kier alpha value is -1.84. The van der Waals surface area contributed by atoms with Gasteiger partial charge in [0.25, 0.3) is 0 Å². The van der Waals surface area contributed by atoms with Gasteiger partial charge in [-0.15, -0.1) is 0 Å². The molecule has 0 fully saturated rings. The number of esters is 1. The van der Waals surface area contributed by atoms with Crippen LogP contribution in [0.5, 0.6) is 5.75 Å². The van der Waals surface area contributed by atoms with Gasteiger partial charge in [-0.05, 0) is 17.7 Å². The Morgan fingerprint density at radius 2 is 2.00 bits per heavy atom. The maximum absolute atomic E-state index is 10.9. The second-order valence-corrected chi connectivity index (χ2v) is 2.88. The molecule has 4 nitrogen and oxygen atoms in total. The van der Waals surface area contributed by atoms with E-state index in [2.05, 4.69) is 0 Å². The molecule has 0 saturated heterocycles. The van der Waals surface area contributed by atoms with Gasteiger partial charge in [0.15, 0.2) is 0 Å². The molecule has 0 N–H and O–H groups in total. The summed E-state index contributed by atoms with van der Waals surface area (Å²) in [6.07, 6.45) is 0.326. The van der Waals surface area contributed by atoms with Gasteiger partial charge < -0.3 is 14.3 Å². The summed E-state index contributed by atoms with van der Waals surface area (Å²) in [6, 6.07) is 7.16. The molecule has 1 aromatic carbocycles. The minimum absolute atomic E-state index is 0.177. The quantitative estimate of drug-likeness (QED) is 0.416. The van der Waals surface area contributed by atoms with Crippen molar-refractivity contribution in [2.45, 2.75) is 13.0 Å². The van der Waals surface area contributed by atoms with Gasteiger partial charge in [0.2, 0.25) is 0 Å². The average molecular weight is 208 g/mol. The van der Waals surface area contributed by atoms with Crippen molar-refractivity contribution in [3.05, 3.63) is 29.8 Å². The van der Waals surface area contributed by atoms with Gasteiger partial charge in [-0.3, -0.25) is 4.79 Å². The van der Waals surface area contributed by atoms with Gasteiger partial charge in [-0.25, -0.2) is 0 Å². The number of carbonyl (C=O) groups is 2. The summed E-state index contributed by atoms with van der Waals surface area (Å²) in [6.45, 7) is 0.177. The molecule has 1 rings (SSSR count). The summed E-state index contributed by atoms with van der Waals surface area (Å²) in [5.41, 5.74) is 0.857. The van der Waals surface area contributed by atoms with E-state index in [1.165, 1.54) is 0 Å². The molecule has 0 saturated carbocycles. The van der Waals surface area contributed by atoms with Crippen molar-refractivity contribution in [3.63, 3.8) is 0 Å². The topological polar surface area (TPSA) is 52.6 Å². The summed E-state index contributed by atoms with van der Waals surface area (Å²) < 4.78 is 9.81. The van der Waals surface area contributed by atoms with E-state index in [1.54, 1.807) is 31.4 Å². The molecule has 0 bridgehead atoms. The largest absolute Gasteiger partial charge is 0.497 e. The molecule has 4 heteroatoms. The number of carbonyl (C=O) groups excluding carboxylic acids is 2. The highest BCUT2D eigenvalue weighted by Gasteiger charge is 2.01. The fraction of sp³-hybridized carbons (Fsp3) is 0.273. The van der Waals surface area contributed by atoms with E-state index < -0.39 is 5.97 Å². The van der Waals surface area contributed by atoms with Crippen LogP contribution in [0.15, 0.2) is 24.3 Å². The van der Waals surface area contributed by atoms with Crippen LogP contribution in [0.1, 0.15) is 12.0 Å². The van der Waals surface area contributed by atoms with Gasteiger partial charge in [-0.1, -0.05) is 12.1 Å². The number of aldehydes is 1. The Morgan fingerprint density at radius 1 is 1.33 bits per heavy atom. The van der Waals surface area contributed by atoms with E-state index in [0.29, 0.717) is 6.29 Å². The van der Waals surface area contributed by atoms with Crippen molar-refractivity contribution in [1.82, 2.24) is 0 Å². The third-order valence-electron chi connectivity index (χ3n) is 1.81. The Kier molecular flexibility index (Phi) is 4.34. The SMILES string of the molecule is COc1ccc(COC(=O)CC=O)cc1. The highest BCUT2D eigenvalue weighted by molar-refractivity contribution is 5.83. The summed E-state index contributed by atoms with van der Waals surface area (Å²) in [5.74, 6) is 0.235. The predicted molar refractivity (Wildman–Crippen MR) is 53.5 cm³/mol. The molecule has 0 aliphatic rings.